The molecule has 0 saturated carbocycles. The van der Waals surface area contributed by atoms with Gasteiger partial charge in [0, 0.05) is 27.5 Å². The van der Waals surface area contributed by atoms with E-state index in [0.29, 0.717) is 11.1 Å². The molecule has 4 rings (SSSR count). The fraction of sp³-hybridized carbons (Fsp3) is 0.0800. The van der Waals surface area contributed by atoms with Crippen molar-refractivity contribution < 1.29 is 13.9 Å². The molecule has 0 aliphatic heterocycles. The van der Waals surface area contributed by atoms with Gasteiger partial charge in [-0.15, -0.1) is 6.42 Å². The summed E-state index contributed by atoms with van der Waals surface area (Å²) < 4.78 is 20.4. The lowest BCUT2D eigenvalue weighted by molar-refractivity contribution is 0.0128. The Hall–Kier alpha value is -3.42. The van der Waals surface area contributed by atoms with Crippen molar-refractivity contribution in [1.29, 1.82) is 0 Å². The van der Waals surface area contributed by atoms with Crippen LogP contribution in [-0.2, 0) is 10.3 Å². The molecule has 0 bridgehead atoms. The smallest absolute Gasteiger partial charge is 0.339 e. The van der Waals surface area contributed by atoms with E-state index in [1.807, 2.05) is 24.3 Å². The summed E-state index contributed by atoms with van der Waals surface area (Å²) in [5.41, 5.74) is -0.543. The number of benzene rings is 3. The number of hydrogen-bond acceptors (Lipinski definition) is 2. The Kier molecular flexibility index (Phi) is 4.92. The highest BCUT2D eigenvalue weighted by atomic mass is 32.2. The molecule has 0 saturated heterocycles. The summed E-state index contributed by atoms with van der Waals surface area (Å²) in [7, 11) is -0.147. The molecule has 1 heterocycles. The van der Waals surface area contributed by atoms with Gasteiger partial charge in [0.15, 0.2) is 15.2 Å². The topological polar surface area (TPSA) is 26.3 Å². The fourth-order valence-corrected chi connectivity index (χ4v) is 5.06. The normalized spacial score (nSPS) is 13.5. The second kappa shape index (κ2) is 7.54. The molecular weight excluding hydrogens is 383 g/mol. The van der Waals surface area contributed by atoms with Crippen LogP contribution in [0.25, 0.3) is 15.0 Å². The van der Waals surface area contributed by atoms with Gasteiger partial charge in [-0.1, -0.05) is 30.2 Å². The Morgan fingerprint density at radius 2 is 1.79 bits per heavy atom. The summed E-state index contributed by atoms with van der Waals surface area (Å²) >= 11 is 0. The maximum atomic E-state index is 13.6. The molecule has 0 aliphatic carbocycles. The van der Waals surface area contributed by atoms with Crippen molar-refractivity contribution in [3.05, 3.63) is 101 Å². The van der Waals surface area contributed by atoms with Gasteiger partial charge in [-0.25, -0.2) is 9.18 Å². The molecule has 4 aromatic rings. The molecule has 4 heteroatoms. The number of rotatable bonds is 4. The molecule has 0 spiro atoms. The zero-order chi connectivity index (χ0) is 20.4. The first-order valence-electron chi connectivity index (χ1n) is 9.08. The molecule has 2 atom stereocenters. The van der Waals surface area contributed by atoms with Crippen LogP contribution in [0.1, 0.15) is 22.8 Å². The van der Waals surface area contributed by atoms with Crippen LogP contribution in [0.2, 0.25) is 0 Å². The highest BCUT2D eigenvalue weighted by Gasteiger charge is 2.30. The molecule has 0 aliphatic rings. The van der Waals surface area contributed by atoms with Gasteiger partial charge in [-0.05, 0) is 55.5 Å². The van der Waals surface area contributed by atoms with Gasteiger partial charge in [0.2, 0.25) is 0 Å². The van der Waals surface area contributed by atoms with Gasteiger partial charge in [0.25, 0.3) is 0 Å². The van der Waals surface area contributed by atoms with E-state index in [9.17, 15) is 9.18 Å². The number of hydrogen-bond donors (Lipinski definition) is 0. The van der Waals surface area contributed by atoms with E-state index >= 15 is 0 Å². The third-order valence-electron chi connectivity index (χ3n) is 4.83. The molecule has 0 N–H and O–H groups in total. The van der Waals surface area contributed by atoms with Crippen LogP contribution >= 0.6 is 10.5 Å². The quantitative estimate of drug-likeness (QED) is 0.224. The second-order valence-corrected chi connectivity index (χ2v) is 8.64. The summed E-state index contributed by atoms with van der Waals surface area (Å²) in [6.45, 7) is 1.58. The van der Waals surface area contributed by atoms with Crippen molar-refractivity contribution in [1.82, 2.24) is 0 Å². The minimum Gasteiger partial charge on any atom is -0.438 e. The van der Waals surface area contributed by atoms with Gasteiger partial charge in [-0.3, -0.25) is 0 Å². The second-order valence-electron chi connectivity index (χ2n) is 6.78. The Morgan fingerprint density at radius 1 is 1.03 bits per heavy atom. The van der Waals surface area contributed by atoms with E-state index in [1.54, 1.807) is 25.1 Å². The lowest BCUT2D eigenvalue weighted by atomic mass is 9.96. The number of carbonyl (C=O) groups is 1. The van der Waals surface area contributed by atoms with Crippen LogP contribution in [0.15, 0.2) is 84.2 Å². The zero-order valence-corrected chi connectivity index (χ0v) is 16.6. The summed E-state index contributed by atoms with van der Waals surface area (Å²) in [6, 6.07) is 23.5. The van der Waals surface area contributed by atoms with Crippen molar-refractivity contribution in [3.8, 4) is 17.2 Å². The SMILES string of the molecule is C#CC(C)(OC(=O)c1ccc(-[s+]2ccc3ccccc32)cc1)c1cccc(F)c1. The number of ether oxygens (including phenoxy) is 1. The first-order chi connectivity index (χ1) is 14.0. The summed E-state index contributed by atoms with van der Waals surface area (Å²) in [6.07, 6.45) is 5.61. The first kappa shape index (κ1) is 18.9. The van der Waals surface area contributed by atoms with Crippen LogP contribution in [0.4, 0.5) is 4.39 Å². The van der Waals surface area contributed by atoms with Gasteiger partial charge in [-0.2, -0.15) is 0 Å². The van der Waals surface area contributed by atoms with Crippen LogP contribution in [-0.4, -0.2) is 5.97 Å². The molecule has 142 valence electrons. The number of thiophene rings is 1. The lowest BCUT2D eigenvalue weighted by Gasteiger charge is -2.24. The molecule has 0 radical (unpaired) electrons. The molecule has 1 aromatic heterocycles. The Bertz CT molecular complexity index is 1230. The van der Waals surface area contributed by atoms with Crippen LogP contribution in [0.5, 0.6) is 0 Å². The lowest BCUT2D eigenvalue weighted by Crippen LogP contribution is -2.27. The number of halogens is 1. The molecule has 2 unspecified atom stereocenters. The number of esters is 1. The molecule has 3 aromatic carbocycles. The predicted molar refractivity (Wildman–Crippen MR) is 116 cm³/mol. The highest BCUT2D eigenvalue weighted by molar-refractivity contribution is 7.43. The maximum Gasteiger partial charge on any atom is 0.339 e. The molecule has 29 heavy (non-hydrogen) atoms. The first-order valence-corrected chi connectivity index (χ1v) is 10.4. The standard InChI is InChI=1S/C25H18FO2S/c1-3-25(2,20-8-6-9-21(26)17-20)28-24(27)19-11-13-22(14-12-19)29-16-15-18-7-4-5-10-23(18)29/h1,4-17H,2H3/q+1. The van der Waals surface area contributed by atoms with Crippen LogP contribution in [0, 0.1) is 18.2 Å². The van der Waals surface area contributed by atoms with Gasteiger partial charge in [0.05, 0.1) is 5.56 Å². The zero-order valence-electron chi connectivity index (χ0n) is 15.8. The van der Waals surface area contributed by atoms with E-state index in [2.05, 4.69) is 29.5 Å². The molecule has 0 fully saturated rings. The van der Waals surface area contributed by atoms with Crippen LogP contribution < -0.4 is 0 Å². The average Bonchev–Trinajstić information content (AvgIpc) is 3.18. The summed E-state index contributed by atoms with van der Waals surface area (Å²) in [5, 5.41) is 3.40. The number of fused-ring (bicyclic) bond motifs is 1. The van der Waals surface area contributed by atoms with Gasteiger partial charge >= 0.3 is 5.97 Å². The van der Waals surface area contributed by atoms with Crippen molar-refractivity contribution in [2.45, 2.75) is 12.5 Å². The number of terminal acetylenes is 1. The van der Waals surface area contributed by atoms with Crippen molar-refractivity contribution in [3.63, 3.8) is 0 Å². The minimum atomic E-state index is -1.35. The summed E-state index contributed by atoms with van der Waals surface area (Å²) in [4.78, 5) is 13.8. The summed E-state index contributed by atoms with van der Waals surface area (Å²) in [5.74, 6) is 1.49. The van der Waals surface area contributed by atoms with Crippen molar-refractivity contribution >= 4 is 26.5 Å². The highest BCUT2D eigenvalue weighted by Crippen LogP contribution is 2.39. The van der Waals surface area contributed by atoms with E-state index in [-0.39, 0.29) is 10.5 Å². The largest absolute Gasteiger partial charge is 0.438 e. The molecule has 0 amide bonds. The Balaban J connectivity index is 1.59. The van der Waals surface area contributed by atoms with E-state index in [1.165, 1.54) is 28.3 Å². The van der Waals surface area contributed by atoms with E-state index in [0.717, 1.165) is 4.90 Å². The van der Waals surface area contributed by atoms with E-state index in [4.69, 9.17) is 11.2 Å². The minimum absolute atomic E-state index is 0.147. The average molecular weight is 401 g/mol. The molecule has 2 nitrogen and oxygen atoms in total. The van der Waals surface area contributed by atoms with Crippen molar-refractivity contribution in [2.24, 2.45) is 0 Å². The Labute approximate surface area is 171 Å². The van der Waals surface area contributed by atoms with Crippen molar-refractivity contribution in [2.75, 3.05) is 0 Å². The number of carbonyl (C=O) groups excluding carboxylic acids is 1. The predicted octanol–water partition coefficient (Wildman–Crippen LogP) is 6.42. The van der Waals surface area contributed by atoms with Crippen LogP contribution in [0.3, 0.4) is 0 Å². The Morgan fingerprint density at radius 3 is 2.52 bits per heavy atom. The monoisotopic (exact) mass is 401 g/mol. The fourth-order valence-electron chi connectivity index (χ4n) is 3.18. The van der Waals surface area contributed by atoms with E-state index < -0.39 is 17.4 Å². The third-order valence-corrected chi connectivity index (χ3v) is 6.87. The third kappa shape index (κ3) is 3.65. The van der Waals surface area contributed by atoms with Gasteiger partial charge < -0.3 is 4.74 Å². The van der Waals surface area contributed by atoms with Gasteiger partial charge in [0.1, 0.15) is 11.2 Å². The molecular formula is C25H18FO2S+. The maximum absolute atomic E-state index is 13.6.